The van der Waals surface area contributed by atoms with E-state index in [1.54, 1.807) is 43.3 Å². The quantitative estimate of drug-likeness (QED) is 0.282. The Labute approximate surface area is 174 Å². The van der Waals surface area contributed by atoms with Crippen molar-refractivity contribution in [3.05, 3.63) is 68.2 Å². The first-order valence-corrected chi connectivity index (χ1v) is 9.56. The fraction of sp³-hybridized carbons (Fsp3) is 0.250. The van der Waals surface area contributed by atoms with Crippen LogP contribution in [-0.4, -0.2) is 35.7 Å². The highest BCUT2D eigenvalue weighted by molar-refractivity contribution is 9.10. The van der Waals surface area contributed by atoms with E-state index in [1.807, 2.05) is 0 Å². The van der Waals surface area contributed by atoms with Crippen LogP contribution in [-0.2, 0) is 14.3 Å². The van der Waals surface area contributed by atoms with Gasteiger partial charge in [-0.2, -0.15) is 0 Å². The number of benzene rings is 2. The van der Waals surface area contributed by atoms with Gasteiger partial charge in [-0.25, -0.2) is 0 Å². The maximum absolute atomic E-state index is 12.3. The molecule has 0 unspecified atom stereocenters. The molecule has 1 aliphatic rings. The Balaban J connectivity index is 1.63. The van der Waals surface area contributed by atoms with Crippen molar-refractivity contribution in [1.29, 1.82) is 0 Å². The molecule has 1 atom stereocenters. The number of aryl methyl sites for hydroxylation is 1. The van der Waals surface area contributed by atoms with Gasteiger partial charge in [0.25, 0.3) is 5.69 Å². The Morgan fingerprint density at radius 2 is 1.93 bits per heavy atom. The van der Waals surface area contributed by atoms with Crippen molar-refractivity contribution in [3.63, 3.8) is 0 Å². The van der Waals surface area contributed by atoms with E-state index in [0.29, 0.717) is 16.8 Å². The monoisotopic (exact) mass is 460 g/mol. The minimum atomic E-state index is -0.736. The number of amides is 1. The number of esters is 1. The molecule has 0 radical (unpaired) electrons. The molecule has 1 amide bonds. The zero-order valence-corrected chi connectivity index (χ0v) is 17.0. The summed E-state index contributed by atoms with van der Waals surface area (Å²) in [6, 6.07) is 11.1. The number of carbonyl (C=O) groups is 3. The van der Waals surface area contributed by atoms with E-state index >= 15 is 0 Å². The average Bonchev–Trinajstić information content (AvgIpc) is 3.08. The maximum Gasteiger partial charge on any atom is 0.311 e. The van der Waals surface area contributed by atoms with Crippen LogP contribution in [0, 0.1) is 23.0 Å². The summed E-state index contributed by atoms with van der Waals surface area (Å²) in [5.41, 5.74) is 1.15. The Bertz CT molecular complexity index is 989. The van der Waals surface area contributed by atoms with Crippen molar-refractivity contribution in [3.8, 4) is 0 Å². The number of anilines is 1. The SMILES string of the molecule is Cc1ccc(N2C[C@H](C(=O)OCC(=O)c3ccc(Br)cc3)CC2=O)cc1[N+](=O)[O-]. The van der Waals surface area contributed by atoms with Gasteiger partial charge in [-0.05, 0) is 25.1 Å². The Morgan fingerprint density at radius 3 is 2.59 bits per heavy atom. The number of hydrogen-bond acceptors (Lipinski definition) is 6. The zero-order valence-electron chi connectivity index (χ0n) is 15.5. The standard InChI is InChI=1S/C20H17BrN2O6/c1-12-2-7-16(9-17(12)23(27)28)22-10-14(8-19(22)25)20(26)29-11-18(24)13-3-5-15(21)6-4-13/h2-7,9,14H,8,10-11H2,1H3/t14-/m1/s1. The molecule has 0 spiro atoms. The van der Waals surface area contributed by atoms with Crippen LogP contribution in [0.3, 0.4) is 0 Å². The van der Waals surface area contributed by atoms with E-state index < -0.39 is 23.4 Å². The fourth-order valence-electron chi connectivity index (χ4n) is 3.05. The Morgan fingerprint density at radius 1 is 1.24 bits per heavy atom. The lowest BCUT2D eigenvalue weighted by Gasteiger charge is -2.16. The van der Waals surface area contributed by atoms with Crippen molar-refractivity contribution < 1.29 is 24.0 Å². The van der Waals surface area contributed by atoms with E-state index in [4.69, 9.17) is 4.74 Å². The summed E-state index contributed by atoms with van der Waals surface area (Å²) in [5, 5.41) is 11.1. The summed E-state index contributed by atoms with van der Waals surface area (Å²) < 4.78 is 5.92. The average molecular weight is 461 g/mol. The second-order valence-electron chi connectivity index (χ2n) is 6.67. The van der Waals surface area contributed by atoms with Gasteiger partial charge in [0.1, 0.15) is 0 Å². The predicted molar refractivity (Wildman–Crippen MR) is 108 cm³/mol. The lowest BCUT2D eigenvalue weighted by Crippen LogP contribution is -2.27. The third-order valence-corrected chi connectivity index (χ3v) is 5.20. The topological polar surface area (TPSA) is 107 Å². The fourth-order valence-corrected chi connectivity index (χ4v) is 3.32. The molecule has 0 bridgehead atoms. The minimum absolute atomic E-state index is 0.0460. The highest BCUT2D eigenvalue weighted by Gasteiger charge is 2.37. The molecule has 0 aliphatic carbocycles. The lowest BCUT2D eigenvalue weighted by atomic mass is 10.1. The molecule has 8 nitrogen and oxygen atoms in total. The number of hydrogen-bond donors (Lipinski definition) is 0. The van der Waals surface area contributed by atoms with E-state index in [0.717, 1.165) is 4.47 Å². The van der Waals surface area contributed by atoms with Crippen molar-refractivity contribution in [2.24, 2.45) is 5.92 Å². The second-order valence-corrected chi connectivity index (χ2v) is 7.59. The van der Waals surface area contributed by atoms with Gasteiger partial charge in [0.05, 0.1) is 16.5 Å². The second kappa shape index (κ2) is 8.52. The number of nitro groups is 1. The highest BCUT2D eigenvalue weighted by atomic mass is 79.9. The first-order valence-electron chi connectivity index (χ1n) is 8.77. The molecular formula is C20H17BrN2O6. The molecule has 2 aromatic rings. The maximum atomic E-state index is 12.3. The normalized spacial score (nSPS) is 16.0. The number of halogens is 1. The number of nitro benzene ring substituents is 1. The van der Waals surface area contributed by atoms with Gasteiger partial charge in [0.15, 0.2) is 12.4 Å². The molecule has 1 heterocycles. The Hall–Kier alpha value is -3.07. The van der Waals surface area contributed by atoms with Crippen LogP contribution in [0.1, 0.15) is 22.3 Å². The van der Waals surface area contributed by atoms with Gasteiger partial charge < -0.3 is 9.64 Å². The summed E-state index contributed by atoms with van der Waals surface area (Å²) in [6.45, 7) is 1.24. The van der Waals surface area contributed by atoms with Crippen LogP contribution in [0.25, 0.3) is 0 Å². The minimum Gasteiger partial charge on any atom is -0.457 e. The first-order chi connectivity index (χ1) is 13.8. The van der Waals surface area contributed by atoms with Crippen molar-refractivity contribution >= 4 is 45.0 Å². The van der Waals surface area contributed by atoms with Gasteiger partial charge in [-0.3, -0.25) is 24.5 Å². The molecule has 1 aliphatic heterocycles. The molecule has 1 saturated heterocycles. The number of nitrogens with zero attached hydrogens (tertiary/aromatic N) is 2. The molecule has 2 aromatic carbocycles. The zero-order chi connectivity index (χ0) is 21.1. The number of carbonyl (C=O) groups excluding carboxylic acids is 3. The van der Waals surface area contributed by atoms with E-state index in [2.05, 4.69) is 15.9 Å². The van der Waals surface area contributed by atoms with Crippen LogP contribution in [0.4, 0.5) is 11.4 Å². The van der Waals surface area contributed by atoms with Crippen LogP contribution >= 0.6 is 15.9 Å². The lowest BCUT2D eigenvalue weighted by molar-refractivity contribution is -0.385. The summed E-state index contributed by atoms with van der Waals surface area (Å²) in [4.78, 5) is 48.7. The van der Waals surface area contributed by atoms with Gasteiger partial charge in [0, 0.05) is 34.6 Å². The Kier molecular flexibility index (Phi) is 6.07. The number of Topliss-reactive ketones (excluding diaryl/α,β-unsaturated/α-hetero) is 1. The van der Waals surface area contributed by atoms with Crippen molar-refractivity contribution in [2.45, 2.75) is 13.3 Å². The summed E-state index contributed by atoms with van der Waals surface area (Å²) in [6.07, 6.45) is -0.0764. The molecule has 0 aromatic heterocycles. The third kappa shape index (κ3) is 4.68. The smallest absolute Gasteiger partial charge is 0.311 e. The van der Waals surface area contributed by atoms with Gasteiger partial charge in [0.2, 0.25) is 5.91 Å². The molecule has 0 saturated carbocycles. The third-order valence-electron chi connectivity index (χ3n) is 4.67. The number of ketones is 1. The highest BCUT2D eigenvalue weighted by Crippen LogP contribution is 2.30. The summed E-state index contributed by atoms with van der Waals surface area (Å²) in [7, 11) is 0. The number of ether oxygens (including phenoxy) is 1. The van der Waals surface area contributed by atoms with Gasteiger partial charge in [-0.1, -0.05) is 34.1 Å². The van der Waals surface area contributed by atoms with E-state index in [9.17, 15) is 24.5 Å². The van der Waals surface area contributed by atoms with Crippen LogP contribution in [0.2, 0.25) is 0 Å². The summed E-state index contributed by atoms with van der Waals surface area (Å²) in [5.74, 6) is -2.06. The largest absolute Gasteiger partial charge is 0.457 e. The van der Waals surface area contributed by atoms with Gasteiger partial charge in [-0.15, -0.1) is 0 Å². The molecule has 1 fully saturated rings. The molecule has 3 rings (SSSR count). The van der Waals surface area contributed by atoms with Gasteiger partial charge >= 0.3 is 5.97 Å². The van der Waals surface area contributed by atoms with Crippen LogP contribution in [0.5, 0.6) is 0 Å². The van der Waals surface area contributed by atoms with Crippen molar-refractivity contribution in [2.75, 3.05) is 18.1 Å². The number of rotatable bonds is 6. The molecule has 0 N–H and O–H groups in total. The van der Waals surface area contributed by atoms with Crippen LogP contribution < -0.4 is 4.90 Å². The molecular weight excluding hydrogens is 444 g/mol. The van der Waals surface area contributed by atoms with E-state index in [-0.39, 0.29) is 30.3 Å². The summed E-state index contributed by atoms with van der Waals surface area (Å²) >= 11 is 3.28. The van der Waals surface area contributed by atoms with Crippen molar-refractivity contribution in [1.82, 2.24) is 0 Å². The molecule has 9 heteroatoms. The van der Waals surface area contributed by atoms with Crippen LogP contribution in [0.15, 0.2) is 46.9 Å². The molecule has 150 valence electrons. The molecule has 29 heavy (non-hydrogen) atoms. The van der Waals surface area contributed by atoms with E-state index in [1.165, 1.54) is 11.0 Å². The predicted octanol–water partition coefficient (Wildman–Crippen LogP) is 3.44. The first kappa shape index (κ1) is 20.7.